The van der Waals surface area contributed by atoms with Crippen LogP contribution >= 0.6 is 0 Å². The molecule has 3 N–H and O–H groups in total. The molecule has 1 aliphatic heterocycles. The fraction of sp³-hybridized carbons (Fsp3) is 0.545. The number of nitrogens with two attached hydrogens (primary N) is 1. The molecule has 0 radical (unpaired) electrons. The molecular weight excluding hydrogens is 252 g/mol. The van der Waals surface area contributed by atoms with E-state index >= 15 is 0 Å². The summed E-state index contributed by atoms with van der Waals surface area (Å²) in [4.78, 5) is 0.236. The monoisotopic (exact) mass is 270 g/mol. The van der Waals surface area contributed by atoms with Crippen LogP contribution in [0.3, 0.4) is 0 Å². The molecule has 7 heteroatoms. The third-order valence-electron chi connectivity index (χ3n) is 3.05. The van der Waals surface area contributed by atoms with Crippen molar-refractivity contribution in [1.82, 2.24) is 14.5 Å². The molecule has 0 bridgehead atoms. The second-order valence-corrected chi connectivity index (χ2v) is 6.38. The summed E-state index contributed by atoms with van der Waals surface area (Å²) in [7, 11) is -3.51. The third kappa shape index (κ3) is 2.21. The van der Waals surface area contributed by atoms with Crippen LogP contribution in [0.5, 0.6) is 0 Å². The van der Waals surface area contributed by atoms with Crippen LogP contribution in [0.4, 0.5) is 0 Å². The Bertz CT molecular complexity index is 574. The van der Waals surface area contributed by atoms with Gasteiger partial charge in [-0.05, 0) is 20.3 Å². The number of aromatic nitrogens is 2. The molecule has 0 unspecified atom stereocenters. The minimum Gasteiger partial charge on any atom is -0.325 e. The van der Waals surface area contributed by atoms with E-state index in [-0.39, 0.29) is 11.4 Å². The van der Waals surface area contributed by atoms with Crippen molar-refractivity contribution in [2.45, 2.75) is 31.7 Å². The molecule has 1 aromatic rings. The van der Waals surface area contributed by atoms with E-state index in [0.29, 0.717) is 24.5 Å². The van der Waals surface area contributed by atoms with Crippen molar-refractivity contribution in [2.24, 2.45) is 5.73 Å². The molecule has 18 heavy (non-hydrogen) atoms. The Balaban J connectivity index is 2.42. The average Bonchev–Trinajstić information content (AvgIpc) is 2.71. The van der Waals surface area contributed by atoms with Crippen LogP contribution < -0.4 is 5.73 Å². The lowest BCUT2D eigenvalue weighted by molar-refractivity contribution is 0.427. The van der Waals surface area contributed by atoms with Gasteiger partial charge in [0.15, 0.2) is 0 Å². The van der Waals surface area contributed by atoms with E-state index in [0.717, 1.165) is 12.0 Å². The predicted octanol–water partition coefficient (Wildman–Crippen LogP) is 0.518. The van der Waals surface area contributed by atoms with Gasteiger partial charge in [0, 0.05) is 19.6 Å². The largest absolute Gasteiger partial charge is 0.325 e. The van der Waals surface area contributed by atoms with Gasteiger partial charge >= 0.3 is 0 Å². The van der Waals surface area contributed by atoms with E-state index < -0.39 is 10.0 Å². The van der Waals surface area contributed by atoms with Crippen LogP contribution in [-0.4, -0.2) is 36.0 Å². The van der Waals surface area contributed by atoms with Gasteiger partial charge < -0.3 is 5.73 Å². The number of nitrogens with one attached hydrogen (secondary N) is 1. The number of nitrogens with zero attached hydrogens (tertiary/aromatic N) is 2. The zero-order valence-corrected chi connectivity index (χ0v) is 11.4. The summed E-state index contributed by atoms with van der Waals surface area (Å²) in [6.45, 7) is 4.70. The summed E-state index contributed by atoms with van der Waals surface area (Å²) < 4.78 is 26.6. The minimum absolute atomic E-state index is 0.113. The molecule has 0 saturated heterocycles. The fourth-order valence-electron chi connectivity index (χ4n) is 2.16. The van der Waals surface area contributed by atoms with Crippen molar-refractivity contribution >= 4 is 10.0 Å². The van der Waals surface area contributed by atoms with Gasteiger partial charge in [0.1, 0.15) is 4.90 Å². The summed E-state index contributed by atoms with van der Waals surface area (Å²) in [5.74, 6) is 0. The zero-order valence-electron chi connectivity index (χ0n) is 10.6. The standard InChI is InChI=1S/C11H18N4O2S/c1-8-4-3-5-15(7-8)18(16,17)11-9(2)13-14-10(11)6-12/h4H,3,5-7,12H2,1-2H3,(H,13,14). The van der Waals surface area contributed by atoms with Gasteiger partial charge in [-0.25, -0.2) is 8.42 Å². The first-order chi connectivity index (χ1) is 8.46. The molecule has 100 valence electrons. The maximum Gasteiger partial charge on any atom is 0.247 e. The second-order valence-electron chi connectivity index (χ2n) is 4.51. The molecule has 1 aromatic heterocycles. The third-order valence-corrected chi connectivity index (χ3v) is 5.10. The van der Waals surface area contributed by atoms with E-state index in [1.807, 2.05) is 6.92 Å². The molecule has 0 aliphatic carbocycles. The fourth-order valence-corrected chi connectivity index (χ4v) is 4.00. The number of hydrogen-bond donors (Lipinski definition) is 2. The molecule has 0 saturated carbocycles. The highest BCUT2D eigenvalue weighted by molar-refractivity contribution is 7.89. The number of aromatic amines is 1. The topological polar surface area (TPSA) is 92.1 Å². The Hall–Kier alpha value is -1.18. The van der Waals surface area contributed by atoms with Gasteiger partial charge in [0.25, 0.3) is 0 Å². The van der Waals surface area contributed by atoms with Crippen molar-refractivity contribution in [3.05, 3.63) is 23.0 Å². The van der Waals surface area contributed by atoms with Gasteiger partial charge in [-0.3, -0.25) is 5.10 Å². The number of rotatable bonds is 3. The Morgan fingerprint density at radius 2 is 2.22 bits per heavy atom. The highest BCUT2D eigenvalue weighted by Crippen LogP contribution is 2.24. The Labute approximate surface area is 107 Å². The summed E-state index contributed by atoms with van der Waals surface area (Å²) in [6.07, 6.45) is 2.82. The summed E-state index contributed by atoms with van der Waals surface area (Å²) in [5.41, 5.74) is 7.56. The summed E-state index contributed by atoms with van der Waals surface area (Å²) in [5, 5.41) is 6.64. The molecule has 2 rings (SSSR count). The van der Waals surface area contributed by atoms with Crippen LogP contribution in [-0.2, 0) is 16.6 Å². The molecule has 1 aliphatic rings. The van der Waals surface area contributed by atoms with Crippen LogP contribution in [0.1, 0.15) is 24.7 Å². The molecule has 2 heterocycles. The predicted molar refractivity (Wildman–Crippen MR) is 68.3 cm³/mol. The van der Waals surface area contributed by atoms with Crippen molar-refractivity contribution < 1.29 is 8.42 Å². The number of sulfonamides is 1. The van der Waals surface area contributed by atoms with Gasteiger partial charge in [-0.15, -0.1) is 0 Å². The summed E-state index contributed by atoms with van der Waals surface area (Å²) in [6, 6.07) is 0. The van der Waals surface area contributed by atoms with E-state index in [9.17, 15) is 8.42 Å². The molecule has 6 nitrogen and oxygen atoms in total. The number of H-pyrrole nitrogens is 1. The normalized spacial score (nSPS) is 17.8. The molecule has 0 fully saturated rings. The van der Waals surface area contributed by atoms with Crippen LogP contribution in [0.2, 0.25) is 0 Å². The SMILES string of the molecule is CC1=CCCN(S(=O)(=O)c2c(CN)n[nH]c2C)C1. The maximum atomic E-state index is 12.6. The lowest BCUT2D eigenvalue weighted by Gasteiger charge is -2.25. The highest BCUT2D eigenvalue weighted by atomic mass is 32.2. The Morgan fingerprint density at radius 3 is 2.83 bits per heavy atom. The molecule has 0 aromatic carbocycles. The van der Waals surface area contributed by atoms with E-state index in [2.05, 4.69) is 16.3 Å². The second kappa shape index (κ2) is 4.83. The van der Waals surface area contributed by atoms with Gasteiger partial charge in [-0.1, -0.05) is 11.6 Å². The smallest absolute Gasteiger partial charge is 0.247 e. The van der Waals surface area contributed by atoms with Crippen LogP contribution in [0.15, 0.2) is 16.5 Å². The minimum atomic E-state index is -3.51. The van der Waals surface area contributed by atoms with Crippen molar-refractivity contribution in [2.75, 3.05) is 13.1 Å². The quantitative estimate of drug-likeness (QED) is 0.783. The highest BCUT2D eigenvalue weighted by Gasteiger charge is 2.31. The van der Waals surface area contributed by atoms with Gasteiger partial charge in [-0.2, -0.15) is 9.40 Å². The lowest BCUT2D eigenvalue weighted by Crippen LogP contribution is -2.36. The van der Waals surface area contributed by atoms with Gasteiger partial charge in [0.05, 0.1) is 11.4 Å². The first kappa shape index (κ1) is 13.3. The number of hydrogen-bond acceptors (Lipinski definition) is 4. The van der Waals surface area contributed by atoms with Crippen molar-refractivity contribution in [3.8, 4) is 0 Å². The lowest BCUT2D eigenvalue weighted by atomic mass is 10.2. The van der Waals surface area contributed by atoms with Gasteiger partial charge in [0.2, 0.25) is 10.0 Å². The van der Waals surface area contributed by atoms with Crippen molar-refractivity contribution in [1.29, 1.82) is 0 Å². The molecular formula is C11H18N4O2S. The average molecular weight is 270 g/mol. The van der Waals surface area contributed by atoms with Crippen LogP contribution in [0.25, 0.3) is 0 Å². The Kier molecular flexibility index (Phi) is 3.56. The van der Waals surface area contributed by atoms with E-state index in [1.54, 1.807) is 6.92 Å². The number of aryl methyl sites for hydroxylation is 1. The molecule has 0 spiro atoms. The van der Waals surface area contributed by atoms with E-state index in [1.165, 1.54) is 4.31 Å². The van der Waals surface area contributed by atoms with Crippen LogP contribution in [0, 0.1) is 6.92 Å². The maximum absolute atomic E-state index is 12.6. The first-order valence-corrected chi connectivity index (χ1v) is 7.30. The Morgan fingerprint density at radius 1 is 1.50 bits per heavy atom. The van der Waals surface area contributed by atoms with Crippen molar-refractivity contribution in [3.63, 3.8) is 0 Å². The zero-order chi connectivity index (χ0) is 13.3. The first-order valence-electron chi connectivity index (χ1n) is 5.86. The van der Waals surface area contributed by atoms with E-state index in [4.69, 9.17) is 5.73 Å². The molecule has 0 atom stereocenters. The summed E-state index contributed by atoms with van der Waals surface area (Å²) >= 11 is 0. The molecule has 0 amide bonds.